The monoisotopic (exact) mass is 360 g/mol. The van der Waals surface area contributed by atoms with Crippen molar-refractivity contribution in [2.75, 3.05) is 13.2 Å². The minimum Gasteiger partial charge on any atom is -0.393 e. The van der Waals surface area contributed by atoms with E-state index in [4.69, 9.17) is 9.47 Å². The van der Waals surface area contributed by atoms with Gasteiger partial charge >= 0.3 is 0 Å². The van der Waals surface area contributed by atoms with Gasteiger partial charge in [-0.05, 0) is 37.0 Å². The summed E-state index contributed by atoms with van der Waals surface area (Å²) in [6.45, 7) is 9.50. The van der Waals surface area contributed by atoms with E-state index in [2.05, 4.69) is 27.7 Å². The SMILES string of the molecule is CCC(CC)CC(CC)(CC)CCC(O)CCOC1OCC(O)C1O. The minimum absolute atomic E-state index is 0.0972. The van der Waals surface area contributed by atoms with Crippen molar-refractivity contribution in [1.82, 2.24) is 0 Å². The maximum absolute atomic E-state index is 10.3. The molecule has 0 aromatic rings. The molecule has 0 aromatic carbocycles. The third kappa shape index (κ3) is 7.14. The average Bonchev–Trinajstić information content (AvgIpc) is 2.95. The zero-order valence-electron chi connectivity index (χ0n) is 16.6. The fraction of sp³-hybridized carbons (Fsp3) is 1.00. The molecule has 4 unspecified atom stereocenters. The Kier molecular flexibility index (Phi) is 10.5. The molecule has 1 fully saturated rings. The Bertz CT molecular complexity index is 341. The van der Waals surface area contributed by atoms with Gasteiger partial charge in [-0.3, -0.25) is 0 Å². The van der Waals surface area contributed by atoms with Crippen LogP contribution in [0.2, 0.25) is 0 Å². The highest BCUT2D eigenvalue weighted by atomic mass is 16.7. The van der Waals surface area contributed by atoms with Gasteiger partial charge < -0.3 is 24.8 Å². The molecule has 1 aliphatic rings. The molecule has 0 spiro atoms. The van der Waals surface area contributed by atoms with Crippen LogP contribution in [0, 0.1) is 11.3 Å². The van der Waals surface area contributed by atoms with Gasteiger partial charge in [0.1, 0.15) is 12.2 Å². The van der Waals surface area contributed by atoms with Crippen molar-refractivity contribution in [2.24, 2.45) is 11.3 Å². The van der Waals surface area contributed by atoms with Crippen LogP contribution in [0.5, 0.6) is 0 Å². The van der Waals surface area contributed by atoms with Crippen LogP contribution in [0.3, 0.4) is 0 Å². The van der Waals surface area contributed by atoms with Gasteiger partial charge in [-0.2, -0.15) is 0 Å². The van der Waals surface area contributed by atoms with E-state index in [-0.39, 0.29) is 6.61 Å². The summed E-state index contributed by atoms with van der Waals surface area (Å²) in [4.78, 5) is 0. The molecule has 0 aliphatic carbocycles. The van der Waals surface area contributed by atoms with Gasteiger partial charge in [-0.15, -0.1) is 0 Å². The largest absolute Gasteiger partial charge is 0.393 e. The topological polar surface area (TPSA) is 79.2 Å². The Hall–Kier alpha value is -0.200. The van der Waals surface area contributed by atoms with Crippen LogP contribution >= 0.6 is 0 Å². The van der Waals surface area contributed by atoms with Crippen molar-refractivity contribution in [1.29, 1.82) is 0 Å². The van der Waals surface area contributed by atoms with E-state index in [1.54, 1.807) is 0 Å². The highest BCUT2D eigenvalue weighted by Crippen LogP contribution is 2.40. The second-order valence-electron chi connectivity index (χ2n) is 7.71. The molecule has 5 heteroatoms. The average molecular weight is 361 g/mol. The number of ether oxygens (including phenoxy) is 2. The maximum atomic E-state index is 10.3. The molecule has 150 valence electrons. The molecule has 0 radical (unpaired) electrons. The fourth-order valence-corrected chi connectivity index (χ4v) is 3.84. The summed E-state index contributed by atoms with van der Waals surface area (Å²) in [5.74, 6) is 0.771. The first-order valence-corrected chi connectivity index (χ1v) is 10.2. The van der Waals surface area contributed by atoms with Crippen molar-refractivity contribution in [3.63, 3.8) is 0 Å². The van der Waals surface area contributed by atoms with Gasteiger partial charge in [0.15, 0.2) is 6.29 Å². The zero-order valence-corrected chi connectivity index (χ0v) is 16.6. The van der Waals surface area contributed by atoms with E-state index in [1.165, 1.54) is 19.3 Å². The molecular weight excluding hydrogens is 320 g/mol. The number of rotatable bonds is 13. The number of hydrogen-bond donors (Lipinski definition) is 3. The molecule has 1 saturated heterocycles. The lowest BCUT2D eigenvalue weighted by Crippen LogP contribution is -2.32. The molecule has 4 atom stereocenters. The molecule has 1 rings (SSSR count). The zero-order chi connectivity index (χ0) is 18.9. The molecule has 25 heavy (non-hydrogen) atoms. The summed E-state index contributed by atoms with van der Waals surface area (Å²) in [7, 11) is 0. The van der Waals surface area contributed by atoms with Gasteiger partial charge in [0.25, 0.3) is 0 Å². The van der Waals surface area contributed by atoms with Crippen LogP contribution in [0.4, 0.5) is 0 Å². The summed E-state index contributed by atoms with van der Waals surface area (Å²) >= 11 is 0. The van der Waals surface area contributed by atoms with Crippen LogP contribution < -0.4 is 0 Å². The van der Waals surface area contributed by atoms with Gasteiger partial charge in [-0.25, -0.2) is 0 Å². The quantitative estimate of drug-likeness (QED) is 0.470. The first kappa shape index (κ1) is 22.8. The fourth-order valence-electron chi connectivity index (χ4n) is 3.84. The van der Waals surface area contributed by atoms with Crippen LogP contribution in [0.1, 0.15) is 79.1 Å². The summed E-state index contributed by atoms with van der Waals surface area (Å²) in [6.07, 6.45) is 5.31. The molecule has 0 bridgehead atoms. The molecule has 1 aliphatic heterocycles. The lowest BCUT2D eigenvalue weighted by atomic mass is 9.70. The summed E-state index contributed by atoms with van der Waals surface area (Å²) in [5, 5.41) is 29.4. The van der Waals surface area contributed by atoms with Crippen LogP contribution in [-0.4, -0.2) is 53.1 Å². The third-order valence-electron chi connectivity index (χ3n) is 6.22. The second-order valence-corrected chi connectivity index (χ2v) is 7.71. The molecule has 5 nitrogen and oxygen atoms in total. The molecular formula is C20H40O5. The number of aliphatic hydroxyl groups excluding tert-OH is 3. The van der Waals surface area contributed by atoms with Crippen molar-refractivity contribution < 1.29 is 24.8 Å². The normalized spacial score (nSPS) is 25.7. The highest BCUT2D eigenvalue weighted by molar-refractivity contribution is 4.81. The third-order valence-corrected chi connectivity index (χ3v) is 6.22. The first-order chi connectivity index (χ1) is 11.9. The molecule has 0 amide bonds. The Balaban J connectivity index is 2.35. The van der Waals surface area contributed by atoms with Crippen molar-refractivity contribution in [3.05, 3.63) is 0 Å². The predicted octanol–water partition coefficient (Wildman–Crippen LogP) is 3.25. The van der Waals surface area contributed by atoms with Crippen molar-refractivity contribution in [2.45, 2.75) is 104 Å². The summed E-state index contributed by atoms with van der Waals surface area (Å²) in [5.41, 5.74) is 0.327. The predicted molar refractivity (Wildman–Crippen MR) is 99.3 cm³/mol. The van der Waals surface area contributed by atoms with Crippen molar-refractivity contribution in [3.8, 4) is 0 Å². The lowest BCUT2D eigenvalue weighted by molar-refractivity contribution is -0.156. The lowest BCUT2D eigenvalue weighted by Gasteiger charge is -2.36. The van der Waals surface area contributed by atoms with Crippen LogP contribution in [0.25, 0.3) is 0 Å². The molecule has 1 heterocycles. The maximum Gasteiger partial charge on any atom is 0.186 e. The smallest absolute Gasteiger partial charge is 0.186 e. The van der Waals surface area contributed by atoms with Gasteiger partial charge in [0.2, 0.25) is 0 Å². The Morgan fingerprint density at radius 1 is 1.08 bits per heavy atom. The Morgan fingerprint density at radius 2 is 1.72 bits per heavy atom. The number of hydrogen-bond acceptors (Lipinski definition) is 5. The first-order valence-electron chi connectivity index (χ1n) is 10.2. The molecule has 0 saturated carbocycles. The van der Waals surface area contributed by atoms with E-state index in [0.717, 1.165) is 31.6 Å². The molecule has 0 aromatic heterocycles. The van der Waals surface area contributed by atoms with E-state index < -0.39 is 24.6 Å². The van der Waals surface area contributed by atoms with Crippen LogP contribution in [0.15, 0.2) is 0 Å². The Labute approximate surface area is 153 Å². The van der Waals surface area contributed by atoms with Crippen molar-refractivity contribution >= 4 is 0 Å². The van der Waals surface area contributed by atoms with E-state index >= 15 is 0 Å². The summed E-state index contributed by atoms with van der Waals surface area (Å²) < 4.78 is 10.6. The van der Waals surface area contributed by atoms with Gasteiger partial charge in [0, 0.05) is 0 Å². The van der Waals surface area contributed by atoms with E-state index in [1.807, 2.05) is 0 Å². The van der Waals surface area contributed by atoms with Crippen LogP contribution in [-0.2, 0) is 9.47 Å². The van der Waals surface area contributed by atoms with Gasteiger partial charge in [-0.1, -0.05) is 53.4 Å². The van der Waals surface area contributed by atoms with E-state index in [0.29, 0.717) is 18.4 Å². The minimum atomic E-state index is -0.995. The second kappa shape index (κ2) is 11.5. The standard InChI is InChI=1S/C20H40O5/c1-5-15(6-2)13-20(7-3,8-4)11-9-16(21)10-12-24-19-18(23)17(22)14-25-19/h15-19,21-23H,5-14H2,1-4H3. The molecule has 3 N–H and O–H groups in total. The van der Waals surface area contributed by atoms with Gasteiger partial charge in [0.05, 0.1) is 19.3 Å². The Morgan fingerprint density at radius 3 is 2.20 bits per heavy atom. The highest BCUT2D eigenvalue weighted by Gasteiger charge is 2.35. The van der Waals surface area contributed by atoms with E-state index in [9.17, 15) is 15.3 Å². The number of aliphatic hydroxyl groups is 3. The summed E-state index contributed by atoms with van der Waals surface area (Å²) in [6, 6.07) is 0.